The molecule has 0 bridgehead atoms. The topological polar surface area (TPSA) is 88.2 Å². The molecule has 1 amide bonds. The van der Waals surface area contributed by atoms with Crippen LogP contribution < -0.4 is 10.0 Å². The molecule has 0 aliphatic heterocycles. The fourth-order valence-electron chi connectivity index (χ4n) is 2.63. The first kappa shape index (κ1) is 15.6. The number of carbonyl (C=O) groups excluding carboxylic acids is 1. The van der Waals surface area contributed by atoms with Crippen molar-refractivity contribution in [1.82, 2.24) is 9.71 Å². The van der Waals surface area contributed by atoms with Gasteiger partial charge in [-0.2, -0.15) is 0 Å². The van der Waals surface area contributed by atoms with E-state index in [9.17, 15) is 13.2 Å². The second-order valence-electron chi connectivity index (χ2n) is 5.38. The van der Waals surface area contributed by atoms with Gasteiger partial charge in [-0.3, -0.25) is 4.79 Å². The largest absolute Gasteiger partial charge is 0.322 e. The van der Waals surface area contributed by atoms with E-state index in [0.717, 1.165) is 24.9 Å². The van der Waals surface area contributed by atoms with Gasteiger partial charge in [0.2, 0.25) is 0 Å². The van der Waals surface area contributed by atoms with Crippen LogP contribution in [0.4, 0.5) is 5.69 Å². The maximum Gasteiger partial charge on any atom is 0.257 e. The Morgan fingerprint density at radius 3 is 2.61 bits per heavy atom. The zero-order valence-electron chi connectivity index (χ0n) is 12.7. The highest BCUT2D eigenvalue weighted by atomic mass is 32.2. The Morgan fingerprint density at radius 1 is 1.13 bits per heavy atom. The van der Waals surface area contributed by atoms with E-state index in [-0.39, 0.29) is 10.9 Å². The molecular weight excluding hydrogens is 314 g/mol. The summed E-state index contributed by atoms with van der Waals surface area (Å²) in [7, 11) is -2.29. The lowest BCUT2D eigenvalue weighted by Crippen LogP contribution is -2.20. The maximum atomic E-state index is 12.2. The molecule has 7 heteroatoms. The Morgan fingerprint density at radius 2 is 1.91 bits per heavy atom. The Bertz CT molecular complexity index is 845. The van der Waals surface area contributed by atoms with Crippen molar-refractivity contribution in [2.75, 3.05) is 12.4 Å². The Kier molecular flexibility index (Phi) is 4.14. The van der Waals surface area contributed by atoms with Crippen molar-refractivity contribution >= 4 is 21.6 Å². The zero-order chi connectivity index (χ0) is 16.4. The fraction of sp³-hybridized carbons (Fsp3) is 0.250. The van der Waals surface area contributed by atoms with Crippen molar-refractivity contribution in [3.8, 4) is 0 Å². The number of nitrogens with zero attached hydrogens (tertiary/aromatic N) is 1. The van der Waals surface area contributed by atoms with E-state index >= 15 is 0 Å². The van der Waals surface area contributed by atoms with Gasteiger partial charge in [0.25, 0.3) is 15.9 Å². The van der Waals surface area contributed by atoms with E-state index < -0.39 is 10.0 Å². The van der Waals surface area contributed by atoms with Gasteiger partial charge < -0.3 is 5.32 Å². The fourth-order valence-corrected chi connectivity index (χ4v) is 3.28. The van der Waals surface area contributed by atoms with E-state index in [1.807, 2.05) is 18.2 Å². The number of benzene rings is 1. The average molecular weight is 331 g/mol. The van der Waals surface area contributed by atoms with E-state index in [0.29, 0.717) is 5.56 Å². The van der Waals surface area contributed by atoms with Crippen molar-refractivity contribution in [2.45, 2.75) is 24.3 Å². The number of aryl methyl sites for hydroxylation is 2. The van der Waals surface area contributed by atoms with Crippen LogP contribution >= 0.6 is 0 Å². The lowest BCUT2D eigenvalue weighted by atomic mass is 10.1. The quantitative estimate of drug-likeness (QED) is 0.893. The summed E-state index contributed by atoms with van der Waals surface area (Å²) in [6.45, 7) is 0. The number of rotatable bonds is 4. The van der Waals surface area contributed by atoms with Gasteiger partial charge in [-0.25, -0.2) is 18.1 Å². The molecule has 120 valence electrons. The molecule has 6 nitrogen and oxygen atoms in total. The molecule has 0 radical (unpaired) electrons. The Hall–Kier alpha value is -2.25. The van der Waals surface area contributed by atoms with Gasteiger partial charge >= 0.3 is 0 Å². The number of fused-ring (bicyclic) bond motifs is 1. The summed E-state index contributed by atoms with van der Waals surface area (Å²) < 4.78 is 25.4. The molecular formula is C16H17N3O3S. The summed E-state index contributed by atoms with van der Waals surface area (Å²) in [6, 6.07) is 8.67. The van der Waals surface area contributed by atoms with Crippen molar-refractivity contribution in [3.63, 3.8) is 0 Å². The Labute approximate surface area is 135 Å². The third-order valence-electron chi connectivity index (χ3n) is 3.90. The van der Waals surface area contributed by atoms with Gasteiger partial charge in [0.05, 0.1) is 5.56 Å². The molecule has 23 heavy (non-hydrogen) atoms. The summed E-state index contributed by atoms with van der Waals surface area (Å²) in [4.78, 5) is 16.1. The minimum Gasteiger partial charge on any atom is -0.322 e. The van der Waals surface area contributed by atoms with Crippen molar-refractivity contribution in [3.05, 3.63) is 53.2 Å². The number of hydrogen-bond donors (Lipinski definition) is 2. The van der Waals surface area contributed by atoms with Gasteiger partial charge in [-0.15, -0.1) is 0 Å². The highest BCUT2D eigenvalue weighted by Crippen LogP contribution is 2.25. The normalized spacial score (nSPS) is 13.6. The predicted octanol–water partition coefficient (Wildman–Crippen LogP) is 1.73. The molecule has 2 N–H and O–H groups in total. The lowest BCUT2D eigenvalue weighted by molar-refractivity contribution is 0.102. The zero-order valence-corrected chi connectivity index (χ0v) is 13.5. The van der Waals surface area contributed by atoms with E-state index in [2.05, 4.69) is 15.0 Å². The van der Waals surface area contributed by atoms with Crippen molar-refractivity contribution < 1.29 is 13.2 Å². The van der Waals surface area contributed by atoms with Crippen molar-refractivity contribution in [2.24, 2.45) is 0 Å². The van der Waals surface area contributed by atoms with Crippen LogP contribution in [-0.4, -0.2) is 26.4 Å². The second-order valence-corrected chi connectivity index (χ2v) is 7.22. The van der Waals surface area contributed by atoms with Crippen LogP contribution in [0.25, 0.3) is 0 Å². The lowest BCUT2D eigenvalue weighted by Gasteiger charge is -2.08. The number of carbonyl (C=O) groups is 1. The number of amides is 1. The molecule has 0 saturated carbocycles. The molecule has 0 saturated heterocycles. The van der Waals surface area contributed by atoms with Gasteiger partial charge in [-0.1, -0.05) is 6.07 Å². The van der Waals surface area contributed by atoms with Crippen LogP contribution in [0.15, 0.2) is 41.6 Å². The summed E-state index contributed by atoms with van der Waals surface area (Å²) in [6.07, 6.45) is 4.54. The molecule has 1 heterocycles. The molecule has 0 fully saturated rings. The summed E-state index contributed by atoms with van der Waals surface area (Å²) in [5.74, 6) is -0.316. The van der Waals surface area contributed by atoms with Crippen LogP contribution in [0.5, 0.6) is 0 Å². The first-order chi connectivity index (χ1) is 11.0. The monoisotopic (exact) mass is 331 g/mol. The maximum absolute atomic E-state index is 12.2. The summed E-state index contributed by atoms with van der Waals surface area (Å²) >= 11 is 0. The summed E-state index contributed by atoms with van der Waals surface area (Å²) in [5.41, 5.74) is 3.66. The number of pyridine rings is 1. The molecule has 1 aliphatic carbocycles. The molecule has 1 aromatic heterocycles. The highest BCUT2D eigenvalue weighted by Gasteiger charge is 2.15. The minimum atomic E-state index is -3.60. The molecule has 0 unspecified atom stereocenters. The number of nitrogens with one attached hydrogen (secondary N) is 2. The highest BCUT2D eigenvalue weighted by molar-refractivity contribution is 7.89. The first-order valence-corrected chi connectivity index (χ1v) is 8.81. The number of sulfonamides is 1. The van der Waals surface area contributed by atoms with Gasteiger partial charge in [0.1, 0.15) is 0 Å². The molecule has 1 aliphatic rings. The minimum absolute atomic E-state index is 0.117. The molecule has 1 aromatic carbocycles. The van der Waals surface area contributed by atoms with E-state index in [4.69, 9.17) is 0 Å². The standard InChI is InChI=1S/C16H17N3O3S/c1-17-23(21,22)15-8-6-13(10-18-15)16(20)19-14-7-5-11-3-2-4-12(11)9-14/h5-10,17H,2-4H2,1H3,(H,19,20). The predicted molar refractivity (Wildman–Crippen MR) is 86.9 cm³/mol. The molecule has 0 spiro atoms. The van der Waals surface area contributed by atoms with Crippen molar-refractivity contribution in [1.29, 1.82) is 0 Å². The number of anilines is 1. The van der Waals surface area contributed by atoms with Crippen LogP contribution in [0.2, 0.25) is 0 Å². The first-order valence-electron chi connectivity index (χ1n) is 7.32. The van der Waals surface area contributed by atoms with E-state index in [1.165, 1.54) is 36.5 Å². The van der Waals surface area contributed by atoms with Crippen LogP contribution in [-0.2, 0) is 22.9 Å². The average Bonchev–Trinajstić information content (AvgIpc) is 3.02. The third-order valence-corrected chi connectivity index (χ3v) is 5.23. The number of aromatic nitrogens is 1. The SMILES string of the molecule is CNS(=O)(=O)c1ccc(C(=O)Nc2ccc3c(c2)CCC3)cn1. The molecule has 3 rings (SSSR count). The second kappa shape index (κ2) is 6.10. The van der Waals surface area contributed by atoms with E-state index in [1.54, 1.807) is 0 Å². The smallest absolute Gasteiger partial charge is 0.257 e. The number of hydrogen-bond acceptors (Lipinski definition) is 4. The molecule has 2 aromatic rings. The Balaban J connectivity index is 1.76. The van der Waals surface area contributed by atoms with Crippen LogP contribution in [0.3, 0.4) is 0 Å². The third kappa shape index (κ3) is 3.25. The van der Waals surface area contributed by atoms with Gasteiger partial charge in [0.15, 0.2) is 5.03 Å². The van der Waals surface area contributed by atoms with Crippen LogP contribution in [0.1, 0.15) is 27.9 Å². The van der Waals surface area contributed by atoms with Gasteiger partial charge in [-0.05, 0) is 61.7 Å². The molecule has 0 atom stereocenters. The summed E-state index contributed by atoms with van der Waals surface area (Å²) in [5, 5.41) is 2.70. The van der Waals surface area contributed by atoms with Crippen LogP contribution in [0, 0.1) is 0 Å². The van der Waals surface area contributed by atoms with Gasteiger partial charge in [0, 0.05) is 11.9 Å².